The second-order valence-corrected chi connectivity index (χ2v) is 11.6. The van der Waals surface area contributed by atoms with Gasteiger partial charge in [0, 0.05) is 38.1 Å². The Morgan fingerprint density at radius 3 is 1.50 bits per heavy atom. The fourth-order valence-corrected chi connectivity index (χ4v) is 6.28. The zero-order valence-corrected chi connectivity index (χ0v) is 24.4. The summed E-state index contributed by atoms with van der Waals surface area (Å²) in [6, 6.07) is 5.15. The molecular weight excluding hydrogens is 588 g/mol. The number of amides is 2. The first-order chi connectivity index (χ1) is 21.0. The Balaban J connectivity index is 1.04. The molecule has 4 aliphatic rings. The topological polar surface area (TPSA) is 102 Å². The number of carbonyl (C=O) groups is 2. The zero-order chi connectivity index (χ0) is 31.2. The highest BCUT2D eigenvalue weighted by molar-refractivity contribution is 6.02. The molecule has 10 nitrogen and oxygen atoms in total. The van der Waals surface area contributed by atoms with Crippen molar-refractivity contribution in [3.05, 3.63) is 35.4 Å². The van der Waals surface area contributed by atoms with Crippen LogP contribution in [0.25, 0.3) is 0 Å². The number of alkyl halides is 4. The maximum Gasteiger partial charge on any atom is 0.267 e. The van der Waals surface area contributed by atoms with Gasteiger partial charge in [0.15, 0.2) is 23.0 Å². The van der Waals surface area contributed by atoms with Crippen LogP contribution in [0.2, 0.25) is 0 Å². The number of ether oxygens (including phenoxy) is 4. The van der Waals surface area contributed by atoms with Crippen LogP contribution in [0.1, 0.15) is 46.4 Å². The minimum atomic E-state index is -2.91. The highest BCUT2D eigenvalue weighted by Gasteiger charge is 2.49. The van der Waals surface area contributed by atoms with Crippen LogP contribution in [-0.2, 0) is 0 Å². The van der Waals surface area contributed by atoms with Crippen LogP contribution in [0.5, 0.6) is 23.0 Å². The molecule has 2 amide bonds. The van der Waals surface area contributed by atoms with Gasteiger partial charge in [-0.1, -0.05) is 0 Å². The Labute approximate surface area is 251 Å². The van der Waals surface area contributed by atoms with Crippen LogP contribution < -0.4 is 29.6 Å². The summed E-state index contributed by atoms with van der Waals surface area (Å²) in [7, 11) is 2.89. The van der Waals surface area contributed by atoms with Gasteiger partial charge in [-0.25, -0.2) is 17.6 Å². The number of halogens is 4. The van der Waals surface area contributed by atoms with Crippen molar-refractivity contribution in [1.29, 1.82) is 0 Å². The summed E-state index contributed by atoms with van der Waals surface area (Å²) in [5.41, 5.74) is 1.52. The molecule has 2 saturated heterocycles. The van der Waals surface area contributed by atoms with Gasteiger partial charge in [0.1, 0.15) is 0 Å². The second-order valence-electron chi connectivity index (χ2n) is 11.6. The SMILES string of the molecule is COc1cc2c(cc1OCCCCOc1cc3c(cc1OC)C(=O)N1CC(F)(F)C[C@H]1CN3)NC[C@@H]1CC(F)(F)CN1C2=O. The third-order valence-electron chi connectivity index (χ3n) is 8.45. The lowest BCUT2D eigenvalue weighted by molar-refractivity contribution is 0.0115. The first-order valence-electron chi connectivity index (χ1n) is 14.5. The van der Waals surface area contributed by atoms with Gasteiger partial charge < -0.3 is 39.4 Å². The number of hydrogen-bond acceptors (Lipinski definition) is 8. The molecular formula is C30H34F4N4O6. The molecule has 2 N–H and O–H groups in total. The van der Waals surface area contributed by atoms with Crippen LogP contribution in [0.15, 0.2) is 24.3 Å². The van der Waals surface area contributed by atoms with Crippen molar-refractivity contribution in [3.8, 4) is 23.0 Å². The van der Waals surface area contributed by atoms with Crippen molar-refractivity contribution < 1.29 is 46.1 Å². The molecule has 2 fully saturated rings. The average Bonchev–Trinajstić information content (AvgIpc) is 3.41. The molecule has 2 aromatic rings. The maximum atomic E-state index is 13.9. The molecule has 0 saturated carbocycles. The number of fused-ring (bicyclic) bond motifs is 4. The predicted molar refractivity (Wildman–Crippen MR) is 152 cm³/mol. The minimum absolute atomic E-state index is 0.210. The lowest BCUT2D eigenvalue weighted by Gasteiger charge is -2.20. The largest absolute Gasteiger partial charge is 0.493 e. The first-order valence-corrected chi connectivity index (χ1v) is 14.5. The summed E-state index contributed by atoms with van der Waals surface area (Å²) >= 11 is 0. The number of methoxy groups -OCH3 is 2. The number of rotatable bonds is 9. The minimum Gasteiger partial charge on any atom is -0.493 e. The smallest absolute Gasteiger partial charge is 0.267 e. The summed E-state index contributed by atoms with van der Waals surface area (Å²) in [6.07, 6.45) is 0.447. The van der Waals surface area contributed by atoms with Crippen molar-refractivity contribution in [2.24, 2.45) is 0 Å². The van der Waals surface area contributed by atoms with Gasteiger partial charge in [0.25, 0.3) is 23.7 Å². The van der Waals surface area contributed by atoms with Gasteiger partial charge in [-0.15, -0.1) is 0 Å². The molecule has 4 heterocycles. The van der Waals surface area contributed by atoms with E-state index in [4.69, 9.17) is 18.9 Å². The van der Waals surface area contributed by atoms with Crippen LogP contribution in [-0.4, -0.2) is 99.2 Å². The Hall–Kier alpha value is -4.10. The molecule has 44 heavy (non-hydrogen) atoms. The summed E-state index contributed by atoms with van der Waals surface area (Å²) in [5, 5.41) is 6.23. The summed E-state index contributed by atoms with van der Waals surface area (Å²) in [4.78, 5) is 28.5. The third-order valence-corrected chi connectivity index (χ3v) is 8.45. The molecule has 0 aromatic heterocycles. The summed E-state index contributed by atoms with van der Waals surface area (Å²) in [5.74, 6) is -5.27. The van der Waals surface area contributed by atoms with E-state index < -0.39 is 48.8 Å². The van der Waals surface area contributed by atoms with E-state index in [1.807, 2.05) is 0 Å². The Morgan fingerprint density at radius 2 is 1.11 bits per heavy atom. The van der Waals surface area contributed by atoms with Crippen LogP contribution in [0, 0.1) is 0 Å². The van der Waals surface area contributed by atoms with Gasteiger partial charge in [0.2, 0.25) is 0 Å². The number of hydrogen-bond donors (Lipinski definition) is 2. The number of benzene rings is 2. The van der Waals surface area contributed by atoms with E-state index in [0.717, 1.165) is 0 Å². The molecule has 238 valence electrons. The first kappa shape index (κ1) is 29.9. The van der Waals surface area contributed by atoms with Crippen molar-refractivity contribution in [2.45, 2.75) is 49.6 Å². The molecule has 0 bridgehead atoms. The van der Waals surface area contributed by atoms with E-state index in [9.17, 15) is 27.2 Å². The summed E-state index contributed by atoms with van der Waals surface area (Å²) in [6.45, 7) is -0.164. The molecule has 0 unspecified atom stereocenters. The number of unbranched alkanes of at least 4 members (excludes halogenated alkanes) is 1. The number of nitrogens with one attached hydrogen (secondary N) is 2. The standard InChI is InChI=1S/C30H34F4N4O6/c1-41-23-7-19-21(35-13-17-11-29(31,32)15-37(17)27(19)39)9-25(23)43-5-3-4-6-44-26-10-22-20(8-24(26)42-2)28(40)38-16-30(33,34)12-18(38)14-36-22/h7-10,17-18,35-36H,3-6,11-16H2,1-2H3/t17-,18-/m0/s1. The molecule has 0 aliphatic carbocycles. The van der Waals surface area contributed by atoms with E-state index in [1.165, 1.54) is 36.2 Å². The maximum absolute atomic E-state index is 13.9. The Bertz CT molecular complexity index is 1350. The predicted octanol–water partition coefficient (Wildman–Crippen LogP) is 4.49. The molecule has 4 aliphatic heterocycles. The highest BCUT2D eigenvalue weighted by Crippen LogP contribution is 2.41. The van der Waals surface area contributed by atoms with E-state index in [1.54, 1.807) is 12.1 Å². The molecule has 0 radical (unpaired) electrons. The molecule has 14 heteroatoms. The van der Waals surface area contributed by atoms with Gasteiger partial charge in [0.05, 0.1) is 75.1 Å². The van der Waals surface area contributed by atoms with Gasteiger partial charge in [-0.3, -0.25) is 9.59 Å². The molecule has 0 spiro atoms. The van der Waals surface area contributed by atoms with E-state index >= 15 is 0 Å². The Morgan fingerprint density at radius 1 is 0.705 bits per heavy atom. The van der Waals surface area contributed by atoms with Crippen molar-refractivity contribution in [1.82, 2.24) is 9.80 Å². The van der Waals surface area contributed by atoms with Crippen LogP contribution >= 0.6 is 0 Å². The Kier molecular flexibility index (Phi) is 7.78. The quantitative estimate of drug-likeness (QED) is 0.312. The fourth-order valence-electron chi connectivity index (χ4n) is 6.28. The van der Waals surface area contributed by atoms with E-state index in [0.29, 0.717) is 60.4 Å². The fraction of sp³-hybridized carbons (Fsp3) is 0.533. The monoisotopic (exact) mass is 622 g/mol. The van der Waals surface area contributed by atoms with E-state index in [2.05, 4.69) is 10.6 Å². The van der Waals surface area contributed by atoms with E-state index in [-0.39, 0.29) is 37.1 Å². The molecule has 2 aromatic carbocycles. The number of anilines is 2. The third kappa shape index (κ3) is 5.73. The van der Waals surface area contributed by atoms with Crippen molar-refractivity contribution >= 4 is 23.2 Å². The molecule has 2 atom stereocenters. The lowest BCUT2D eigenvalue weighted by Crippen LogP contribution is -2.37. The van der Waals surface area contributed by atoms with Crippen molar-refractivity contribution in [2.75, 3.05) is 64.2 Å². The van der Waals surface area contributed by atoms with Gasteiger partial charge >= 0.3 is 0 Å². The second kappa shape index (κ2) is 11.4. The van der Waals surface area contributed by atoms with Crippen LogP contribution in [0.4, 0.5) is 28.9 Å². The van der Waals surface area contributed by atoms with Gasteiger partial charge in [-0.05, 0) is 25.0 Å². The van der Waals surface area contributed by atoms with Crippen LogP contribution in [0.3, 0.4) is 0 Å². The average molecular weight is 623 g/mol. The number of nitrogens with zero attached hydrogens (tertiary/aromatic N) is 2. The zero-order valence-electron chi connectivity index (χ0n) is 24.4. The normalized spacial score (nSPS) is 22.9. The number of carbonyl (C=O) groups excluding carboxylic acids is 2. The lowest BCUT2D eigenvalue weighted by atomic mass is 10.1. The van der Waals surface area contributed by atoms with Gasteiger partial charge in [-0.2, -0.15) is 0 Å². The highest BCUT2D eigenvalue weighted by atomic mass is 19.3. The summed E-state index contributed by atoms with van der Waals surface area (Å²) < 4.78 is 78.5. The molecule has 6 rings (SSSR count). The van der Waals surface area contributed by atoms with Crippen molar-refractivity contribution in [3.63, 3.8) is 0 Å².